The molecule has 13 aliphatic rings. The maximum Gasteiger partial charge on any atom is 0.381 e. The number of benzene rings is 3. The monoisotopic (exact) mass is 747 g/mol. The summed E-state index contributed by atoms with van der Waals surface area (Å²) in [6.07, 6.45) is 16.8. The Morgan fingerprint density at radius 3 is 1.75 bits per heavy atom. The molecule has 18 rings (SSSR count). The smallest absolute Gasteiger partial charge is 0.381 e. The molecule has 0 radical (unpaired) electrons. The highest BCUT2D eigenvalue weighted by Crippen LogP contribution is 2.68. The molecule has 5 heteroatoms. The first-order chi connectivity index (χ1) is 27.8. The van der Waals surface area contributed by atoms with E-state index in [1.807, 2.05) is 0 Å². The van der Waals surface area contributed by atoms with Gasteiger partial charge in [0.05, 0.1) is 6.07 Å². The van der Waals surface area contributed by atoms with Crippen LogP contribution in [0.15, 0.2) is 78.9 Å². The van der Waals surface area contributed by atoms with Crippen LogP contribution in [0.3, 0.4) is 0 Å². The summed E-state index contributed by atoms with van der Waals surface area (Å²) in [7, 11) is 0. The van der Waals surface area contributed by atoms with Gasteiger partial charge >= 0.3 is 11.5 Å². The van der Waals surface area contributed by atoms with Crippen LogP contribution < -0.4 is 23.5 Å². The normalized spacial score (nSPS) is 36.7. The van der Waals surface area contributed by atoms with Crippen molar-refractivity contribution < 1.29 is 18.6 Å². The number of anilines is 3. The van der Waals surface area contributed by atoms with E-state index in [0.29, 0.717) is 0 Å². The van der Waals surface area contributed by atoms with Crippen molar-refractivity contribution in [3.63, 3.8) is 0 Å². The zero-order valence-corrected chi connectivity index (χ0v) is 33.1. The molecule has 1 spiro atoms. The van der Waals surface area contributed by atoms with Gasteiger partial charge in [-0.2, -0.15) is 4.90 Å². The maximum absolute atomic E-state index is 7.30. The Morgan fingerprint density at radius 1 is 0.544 bits per heavy atom. The van der Waals surface area contributed by atoms with Gasteiger partial charge in [-0.25, -0.2) is 0 Å². The van der Waals surface area contributed by atoms with E-state index in [1.54, 1.807) is 11.1 Å². The molecule has 2 aromatic heterocycles. The standard InChI is InChI=1S/C52H49N3O2/c1-49(2)36-6-3-4-7-38(36)53-44-20-34(50-22-28-12-29(23-50)14-30(13-28)24-50)18-39-40-19-35(51-25-31-15-32(26-51)17-33(16-31)27-51)21-45-55(40)52(54(39)44)46-41(8-5-9-42(46)57-45)56-43-11-10-37(49)48(53)47(43)52/h3-11,18-21,28-33H,12-17,22-27H2,1-2H3/q+2. The average molecular weight is 748 g/mol. The number of hydrogen-bond acceptors (Lipinski definition) is 3. The van der Waals surface area contributed by atoms with Crippen molar-refractivity contribution >= 4 is 17.2 Å². The fourth-order valence-electron chi connectivity index (χ4n) is 17.3. The molecule has 5 aliphatic heterocycles. The molecule has 3 aromatic carbocycles. The zero-order valence-electron chi connectivity index (χ0n) is 33.1. The molecule has 0 N–H and O–H groups in total. The number of aromatic nitrogens is 2. The minimum absolute atomic E-state index is 0.196. The summed E-state index contributed by atoms with van der Waals surface area (Å²) in [5, 5.41) is 0. The molecule has 57 heavy (non-hydrogen) atoms. The highest BCUT2D eigenvalue weighted by Gasteiger charge is 2.74. The van der Waals surface area contributed by atoms with E-state index in [4.69, 9.17) is 9.47 Å². The van der Waals surface area contributed by atoms with Crippen LogP contribution in [-0.4, -0.2) is 0 Å². The van der Waals surface area contributed by atoms with Crippen LogP contribution in [0, 0.1) is 35.5 Å². The van der Waals surface area contributed by atoms with E-state index in [-0.39, 0.29) is 16.2 Å². The van der Waals surface area contributed by atoms with Crippen LogP contribution in [0.4, 0.5) is 17.2 Å². The van der Waals surface area contributed by atoms with Crippen LogP contribution in [0.5, 0.6) is 23.1 Å². The first-order valence-corrected chi connectivity index (χ1v) is 22.6. The van der Waals surface area contributed by atoms with Crippen LogP contribution in [-0.2, 0) is 21.9 Å². The molecule has 8 saturated carbocycles. The Kier molecular flexibility index (Phi) is 4.97. The van der Waals surface area contributed by atoms with E-state index < -0.39 is 5.66 Å². The highest BCUT2D eigenvalue weighted by molar-refractivity contribution is 5.90. The van der Waals surface area contributed by atoms with E-state index in [1.165, 1.54) is 122 Å². The maximum atomic E-state index is 7.30. The summed E-state index contributed by atoms with van der Waals surface area (Å²) in [5.41, 5.74) is 13.3. The lowest BCUT2D eigenvalue weighted by atomic mass is 9.48. The fourth-order valence-corrected chi connectivity index (χ4v) is 17.3. The SMILES string of the molecule is CC1(C)c2ccccc2N2c3c1ccc1c3C34c5c(cccc5Oc5cc(C67CC8CC(CC(C8)C6)C7)cc([n+]53)-c3cc(C56CC7CC(CC(C7)C5)C6)cc2[n+]34)O1. The van der Waals surface area contributed by atoms with Crippen LogP contribution in [0.2, 0.25) is 0 Å². The van der Waals surface area contributed by atoms with Gasteiger partial charge in [-0.1, -0.05) is 44.2 Å². The lowest BCUT2D eigenvalue weighted by molar-refractivity contribution is -0.936. The molecular weight excluding hydrogens is 699 g/mol. The van der Waals surface area contributed by atoms with E-state index >= 15 is 0 Å². The number of pyridine rings is 2. The quantitative estimate of drug-likeness (QED) is 0.165. The van der Waals surface area contributed by atoms with Gasteiger partial charge < -0.3 is 9.47 Å². The molecular formula is C52H49N3O2+2. The van der Waals surface area contributed by atoms with Crippen molar-refractivity contribution in [2.24, 2.45) is 35.5 Å². The summed E-state index contributed by atoms with van der Waals surface area (Å²) in [6.45, 7) is 4.87. The molecule has 7 heterocycles. The summed E-state index contributed by atoms with van der Waals surface area (Å²) in [4.78, 5) is 2.69. The number of para-hydroxylation sites is 1. The third kappa shape index (κ3) is 3.28. The number of fused-ring (bicyclic) bond motifs is 4. The van der Waals surface area contributed by atoms with Crippen molar-refractivity contribution in [3.05, 3.63) is 112 Å². The Morgan fingerprint density at radius 2 is 1.11 bits per heavy atom. The number of hydrogen-bond donors (Lipinski definition) is 0. The molecule has 0 amide bonds. The number of rotatable bonds is 2. The first-order valence-electron chi connectivity index (χ1n) is 22.6. The lowest BCUT2D eigenvalue weighted by Gasteiger charge is -2.57. The second kappa shape index (κ2) is 9.30. The minimum Gasteiger partial charge on any atom is -0.455 e. The van der Waals surface area contributed by atoms with Crippen molar-refractivity contribution in [2.75, 3.05) is 4.90 Å². The van der Waals surface area contributed by atoms with E-state index in [0.717, 1.165) is 64.2 Å². The summed E-state index contributed by atoms with van der Waals surface area (Å²) >= 11 is 0. The predicted molar refractivity (Wildman–Crippen MR) is 217 cm³/mol. The van der Waals surface area contributed by atoms with Gasteiger partial charge in [0, 0.05) is 28.7 Å². The van der Waals surface area contributed by atoms with Gasteiger partial charge in [0.25, 0.3) is 11.5 Å². The topological polar surface area (TPSA) is 29.5 Å². The van der Waals surface area contributed by atoms with Crippen molar-refractivity contribution in [3.8, 4) is 34.5 Å². The van der Waals surface area contributed by atoms with E-state index in [2.05, 4.69) is 107 Å². The van der Waals surface area contributed by atoms with Gasteiger partial charge in [0.1, 0.15) is 17.2 Å². The summed E-state index contributed by atoms with van der Waals surface area (Å²) < 4.78 is 19.8. The number of ether oxygens (including phenoxy) is 2. The second-order valence-corrected chi connectivity index (χ2v) is 21.8. The fraction of sp³-hybridized carbons (Fsp3) is 0.462. The third-order valence-corrected chi connectivity index (χ3v) is 18.5. The lowest BCUT2D eigenvalue weighted by Crippen LogP contribution is -2.75. The Bertz CT molecular complexity index is 2710. The van der Waals surface area contributed by atoms with Gasteiger partial charge in [-0.05, 0) is 165 Å². The Hall–Kier alpha value is -4.64. The molecule has 8 bridgehead atoms. The largest absolute Gasteiger partial charge is 0.455 e. The Labute approximate surface area is 334 Å². The van der Waals surface area contributed by atoms with E-state index in [9.17, 15) is 0 Å². The summed E-state index contributed by atoms with van der Waals surface area (Å²) in [5.74, 6) is 10.4. The van der Waals surface area contributed by atoms with Gasteiger partial charge in [0.15, 0.2) is 22.6 Å². The molecule has 5 aromatic rings. The molecule has 5 nitrogen and oxygen atoms in total. The second-order valence-electron chi connectivity index (χ2n) is 21.8. The molecule has 0 saturated heterocycles. The molecule has 8 aliphatic carbocycles. The Balaban J connectivity index is 1.07. The average Bonchev–Trinajstić information content (AvgIpc) is 3.48. The van der Waals surface area contributed by atoms with Gasteiger partial charge in [-0.3, -0.25) is 0 Å². The van der Waals surface area contributed by atoms with Crippen molar-refractivity contribution in [1.29, 1.82) is 0 Å². The minimum atomic E-state index is -0.669. The zero-order chi connectivity index (χ0) is 36.9. The third-order valence-electron chi connectivity index (χ3n) is 18.5. The van der Waals surface area contributed by atoms with Crippen molar-refractivity contribution in [2.45, 2.75) is 113 Å². The molecule has 282 valence electrons. The van der Waals surface area contributed by atoms with Crippen molar-refractivity contribution in [1.82, 2.24) is 0 Å². The van der Waals surface area contributed by atoms with Crippen LogP contribution in [0.25, 0.3) is 11.4 Å². The van der Waals surface area contributed by atoms with Crippen LogP contribution in [0.1, 0.15) is 124 Å². The van der Waals surface area contributed by atoms with Crippen LogP contribution >= 0.6 is 0 Å². The molecule has 1 unspecified atom stereocenters. The van der Waals surface area contributed by atoms with Gasteiger partial charge in [0.2, 0.25) is 5.69 Å². The summed E-state index contributed by atoms with van der Waals surface area (Å²) in [6, 6.07) is 31.1. The van der Waals surface area contributed by atoms with Gasteiger partial charge in [-0.15, -0.1) is 9.13 Å². The molecule has 8 fully saturated rings. The first kappa shape index (κ1) is 30.4. The highest BCUT2D eigenvalue weighted by atomic mass is 16.5. The number of nitrogens with zero attached hydrogens (tertiary/aromatic N) is 3. The predicted octanol–water partition coefficient (Wildman–Crippen LogP) is 11.1. The molecule has 1 atom stereocenters.